The van der Waals surface area contributed by atoms with Crippen LogP contribution in [0.1, 0.15) is 188 Å². The standard InChI is InChI=1S/C36H71NO4/c1-5-8-10-12-14-16-18-19-20-21-22-24-26-28-30-37-35(38)32(4)34(36(39)40)33(7-3)41-31-29-27-25-23-17-15-13-11-9-6-2/h32-34H,5-31H2,1-4H3,(H,37,38)(H,39,40). The number of carboxylic acids is 1. The molecule has 0 rings (SSSR count). The molecule has 41 heavy (non-hydrogen) atoms. The first-order valence-corrected chi connectivity index (χ1v) is 18.1. The molecular weight excluding hydrogens is 510 g/mol. The number of hydrogen-bond acceptors (Lipinski definition) is 3. The quantitative estimate of drug-likeness (QED) is 0.0775. The highest BCUT2D eigenvalue weighted by molar-refractivity contribution is 5.84. The number of unbranched alkanes of at least 4 members (excludes halogenated alkanes) is 22. The predicted molar refractivity (Wildman–Crippen MR) is 175 cm³/mol. The van der Waals surface area contributed by atoms with E-state index in [0.717, 1.165) is 25.7 Å². The molecule has 3 unspecified atom stereocenters. The minimum Gasteiger partial charge on any atom is -0.481 e. The molecule has 0 aromatic heterocycles. The van der Waals surface area contributed by atoms with Crippen LogP contribution in [0.5, 0.6) is 0 Å². The van der Waals surface area contributed by atoms with E-state index >= 15 is 0 Å². The number of amides is 1. The van der Waals surface area contributed by atoms with E-state index in [1.807, 2.05) is 6.92 Å². The van der Waals surface area contributed by atoms with E-state index < -0.39 is 23.9 Å². The van der Waals surface area contributed by atoms with Crippen molar-refractivity contribution in [1.29, 1.82) is 0 Å². The highest BCUT2D eigenvalue weighted by Gasteiger charge is 2.36. The Labute approximate surface area is 255 Å². The second-order valence-electron chi connectivity index (χ2n) is 12.5. The molecule has 0 saturated heterocycles. The summed E-state index contributed by atoms with van der Waals surface area (Å²) < 4.78 is 6.03. The summed E-state index contributed by atoms with van der Waals surface area (Å²) in [4.78, 5) is 24.9. The summed E-state index contributed by atoms with van der Waals surface area (Å²) in [5, 5.41) is 12.9. The molecule has 0 fully saturated rings. The van der Waals surface area contributed by atoms with Gasteiger partial charge in [-0.15, -0.1) is 0 Å². The topological polar surface area (TPSA) is 75.6 Å². The number of carbonyl (C=O) groups excluding carboxylic acids is 1. The molecule has 0 aliphatic rings. The SMILES string of the molecule is CCCCCCCCCCCCCCCCNC(=O)C(C)C(C(=O)O)C(CC)OCCCCCCCCCCCC. The van der Waals surface area contributed by atoms with Crippen LogP contribution in [-0.2, 0) is 14.3 Å². The maximum atomic E-state index is 12.8. The number of ether oxygens (including phenoxy) is 1. The largest absolute Gasteiger partial charge is 0.481 e. The van der Waals surface area contributed by atoms with Crippen molar-refractivity contribution in [2.24, 2.45) is 11.8 Å². The van der Waals surface area contributed by atoms with Crippen molar-refractivity contribution in [3.8, 4) is 0 Å². The van der Waals surface area contributed by atoms with Crippen molar-refractivity contribution < 1.29 is 19.4 Å². The Morgan fingerprint density at radius 2 is 0.951 bits per heavy atom. The lowest BCUT2D eigenvalue weighted by Gasteiger charge is -2.27. The van der Waals surface area contributed by atoms with Gasteiger partial charge >= 0.3 is 5.97 Å². The van der Waals surface area contributed by atoms with Crippen LogP contribution in [0.2, 0.25) is 0 Å². The lowest BCUT2D eigenvalue weighted by molar-refractivity contribution is -0.154. The first-order valence-electron chi connectivity index (χ1n) is 18.1. The molecule has 0 aromatic carbocycles. The lowest BCUT2D eigenvalue weighted by atomic mass is 9.86. The molecule has 0 aromatic rings. The van der Waals surface area contributed by atoms with E-state index in [1.54, 1.807) is 6.92 Å². The van der Waals surface area contributed by atoms with Crippen LogP contribution in [0.3, 0.4) is 0 Å². The number of hydrogen-bond donors (Lipinski definition) is 2. The Hall–Kier alpha value is -1.10. The van der Waals surface area contributed by atoms with E-state index in [1.165, 1.54) is 128 Å². The predicted octanol–water partition coefficient (Wildman–Crippen LogP) is 10.6. The normalized spacial score (nSPS) is 13.7. The van der Waals surface area contributed by atoms with Gasteiger partial charge in [0.05, 0.1) is 17.9 Å². The summed E-state index contributed by atoms with van der Waals surface area (Å²) in [7, 11) is 0. The summed E-state index contributed by atoms with van der Waals surface area (Å²) in [6.07, 6.45) is 31.1. The van der Waals surface area contributed by atoms with Crippen molar-refractivity contribution in [2.75, 3.05) is 13.2 Å². The minimum atomic E-state index is -0.931. The Morgan fingerprint density at radius 3 is 1.32 bits per heavy atom. The average molecular weight is 582 g/mol. The zero-order valence-electron chi connectivity index (χ0n) is 28.0. The molecule has 5 nitrogen and oxygen atoms in total. The fourth-order valence-corrected chi connectivity index (χ4v) is 5.85. The van der Waals surface area contributed by atoms with Crippen LogP contribution in [-0.4, -0.2) is 36.2 Å². The van der Waals surface area contributed by atoms with E-state index in [4.69, 9.17) is 4.74 Å². The van der Waals surface area contributed by atoms with Crippen molar-refractivity contribution in [3.63, 3.8) is 0 Å². The number of nitrogens with one attached hydrogen (secondary N) is 1. The Morgan fingerprint density at radius 1 is 0.585 bits per heavy atom. The summed E-state index contributed by atoms with van der Waals surface area (Å²) in [5.41, 5.74) is 0. The van der Waals surface area contributed by atoms with Crippen molar-refractivity contribution in [2.45, 2.75) is 194 Å². The summed E-state index contributed by atoms with van der Waals surface area (Å²) in [6, 6.07) is 0. The molecule has 0 aliphatic carbocycles. The van der Waals surface area contributed by atoms with Gasteiger partial charge in [-0.25, -0.2) is 0 Å². The van der Waals surface area contributed by atoms with Crippen LogP contribution in [0.15, 0.2) is 0 Å². The number of aliphatic carboxylic acids is 1. The Balaban J connectivity index is 3.95. The number of rotatable bonds is 32. The first kappa shape index (κ1) is 39.9. The second kappa shape index (κ2) is 30.4. The van der Waals surface area contributed by atoms with Gasteiger partial charge in [0.25, 0.3) is 0 Å². The van der Waals surface area contributed by atoms with Crippen molar-refractivity contribution in [3.05, 3.63) is 0 Å². The molecule has 2 N–H and O–H groups in total. The molecule has 1 amide bonds. The zero-order chi connectivity index (χ0) is 30.4. The van der Waals surface area contributed by atoms with Crippen LogP contribution in [0.25, 0.3) is 0 Å². The Bertz CT molecular complexity index is 582. The number of carbonyl (C=O) groups is 2. The molecule has 0 radical (unpaired) electrons. The summed E-state index contributed by atoms with van der Waals surface area (Å²) in [6.45, 7) is 9.42. The summed E-state index contributed by atoms with van der Waals surface area (Å²) >= 11 is 0. The molecule has 0 saturated carbocycles. The fourth-order valence-electron chi connectivity index (χ4n) is 5.85. The van der Waals surface area contributed by atoms with Gasteiger partial charge in [0.1, 0.15) is 0 Å². The van der Waals surface area contributed by atoms with Gasteiger partial charge < -0.3 is 15.2 Å². The van der Waals surface area contributed by atoms with Gasteiger partial charge in [-0.1, -0.05) is 169 Å². The van der Waals surface area contributed by atoms with Gasteiger partial charge in [0, 0.05) is 13.2 Å². The highest BCUT2D eigenvalue weighted by Crippen LogP contribution is 2.23. The Kier molecular flexibility index (Phi) is 29.5. The molecular formula is C36H71NO4. The van der Waals surface area contributed by atoms with Crippen molar-refractivity contribution in [1.82, 2.24) is 5.32 Å². The van der Waals surface area contributed by atoms with Crippen molar-refractivity contribution >= 4 is 11.9 Å². The molecule has 0 spiro atoms. The van der Waals surface area contributed by atoms with Gasteiger partial charge in [0.15, 0.2) is 0 Å². The van der Waals surface area contributed by atoms with Crippen LogP contribution in [0.4, 0.5) is 0 Å². The molecule has 0 heterocycles. The molecule has 0 aliphatic heterocycles. The van der Waals surface area contributed by atoms with Gasteiger partial charge in [-0.3, -0.25) is 9.59 Å². The van der Waals surface area contributed by atoms with Gasteiger partial charge in [0.2, 0.25) is 5.91 Å². The molecule has 5 heteroatoms. The monoisotopic (exact) mass is 582 g/mol. The van der Waals surface area contributed by atoms with E-state index in [-0.39, 0.29) is 5.91 Å². The van der Waals surface area contributed by atoms with Crippen LogP contribution in [0, 0.1) is 11.8 Å². The van der Waals surface area contributed by atoms with E-state index in [2.05, 4.69) is 19.2 Å². The highest BCUT2D eigenvalue weighted by atomic mass is 16.5. The number of carboxylic acid groups (broad SMARTS) is 1. The first-order chi connectivity index (χ1) is 20.0. The lowest BCUT2D eigenvalue weighted by Crippen LogP contribution is -2.43. The third kappa shape index (κ3) is 24.1. The maximum absolute atomic E-state index is 12.8. The van der Waals surface area contributed by atoms with E-state index in [9.17, 15) is 14.7 Å². The van der Waals surface area contributed by atoms with Gasteiger partial charge in [-0.05, 0) is 19.3 Å². The molecule has 244 valence electrons. The third-order valence-electron chi connectivity index (χ3n) is 8.70. The maximum Gasteiger partial charge on any atom is 0.309 e. The smallest absolute Gasteiger partial charge is 0.309 e. The van der Waals surface area contributed by atoms with Crippen LogP contribution >= 0.6 is 0 Å². The average Bonchev–Trinajstić information content (AvgIpc) is 2.96. The molecule has 0 bridgehead atoms. The zero-order valence-corrected chi connectivity index (χ0v) is 28.0. The minimum absolute atomic E-state index is 0.159. The summed E-state index contributed by atoms with van der Waals surface area (Å²) in [5.74, 6) is -2.50. The van der Waals surface area contributed by atoms with Gasteiger partial charge in [-0.2, -0.15) is 0 Å². The van der Waals surface area contributed by atoms with E-state index in [0.29, 0.717) is 19.6 Å². The second-order valence-corrected chi connectivity index (χ2v) is 12.5. The third-order valence-corrected chi connectivity index (χ3v) is 8.70. The van der Waals surface area contributed by atoms with Crippen LogP contribution < -0.4 is 5.32 Å². The fraction of sp³-hybridized carbons (Fsp3) is 0.944. The molecule has 3 atom stereocenters.